The van der Waals surface area contributed by atoms with Gasteiger partial charge in [-0.25, -0.2) is 14.2 Å². The van der Waals surface area contributed by atoms with Crippen molar-refractivity contribution in [1.82, 2.24) is 14.4 Å². The third kappa shape index (κ3) is 1.85. The Morgan fingerprint density at radius 1 is 1.25 bits per heavy atom. The molecule has 0 saturated heterocycles. The van der Waals surface area contributed by atoms with Crippen LogP contribution in [0.5, 0.6) is 0 Å². The monoisotopic (exact) mass is 249 g/mol. The van der Waals surface area contributed by atoms with Crippen LogP contribution in [0.2, 0.25) is 5.02 Å². The van der Waals surface area contributed by atoms with E-state index in [-0.39, 0.29) is 10.7 Å². The van der Waals surface area contributed by atoms with Crippen molar-refractivity contribution >= 4 is 17.2 Å². The van der Waals surface area contributed by atoms with Crippen LogP contribution in [-0.4, -0.2) is 14.4 Å². The van der Waals surface area contributed by atoms with Gasteiger partial charge < -0.3 is 0 Å². The van der Waals surface area contributed by atoms with Crippen LogP contribution in [0.1, 0.15) is 5.82 Å². The van der Waals surface area contributed by atoms with E-state index in [2.05, 4.69) is 9.97 Å². The van der Waals surface area contributed by atoms with Gasteiger partial charge in [-0.05, 0) is 12.1 Å². The maximum atomic E-state index is 12.3. The standard InChI is InChI=1S/C8H3ClF3N3O/c9-4-1-2-5-13-6(8(10,11)12)14-7(16)15(5)3-4/h1-3H. The minimum Gasteiger partial charge on any atom is -0.250 e. The molecule has 0 aliphatic carbocycles. The van der Waals surface area contributed by atoms with E-state index in [0.717, 1.165) is 10.6 Å². The van der Waals surface area contributed by atoms with Crippen molar-refractivity contribution in [3.05, 3.63) is 39.7 Å². The van der Waals surface area contributed by atoms with Crippen LogP contribution in [-0.2, 0) is 6.18 Å². The number of aromatic nitrogens is 3. The van der Waals surface area contributed by atoms with E-state index >= 15 is 0 Å². The molecule has 0 saturated carbocycles. The second-order valence-corrected chi connectivity index (χ2v) is 3.34. The van der Waals surface area contributed by atoms with Gasteiger partial charge in [0.15, 0.2) is 0 Å². The zero-order chi connectivity index (χ0) is 11.9. The van der Waals surface area contributed by atoms with Crippen molar-refractivity contribution in [2.75, 3.05) is 0 Å². The van der Waals surface area contributed by atoms with Crippen molar-refractivity contribution in [2.24, 2.45) is 0 Å². The smallest absolute Gasteiger partial charge is 0.250 e. The largest absolute Gasteiger partial charge is 0.451 e. The Kier molecular flexibility index (Phi) is 2.34. The van der Waals surface area contributed by atoms with Crippen molar-refractivity contribution in [1.29, 1.82) is 0 Å². The number of pyridine rings is 1. The Balaban J connectivity index is 2.79. The minimum atomic E-state index is -4.74. The molecule has 0 unspecified atom stereocenters. The highest BCUT2D eigenvalue weighted by atomic mass is 35.5. The molecule has 0 aliphatic heterocycles. The molecule has 0 aliphatic rings. The topological polar surface area (TPSA) is 47.3 Å². The number of nitrogens with zero attached hydrogens (tertiary/aromatic N) is 3. The molecule has 2 aromatic rings. The molecule has 8 heteroatoms. The lowest BCUT2D eigenvalue weighted by atomic mass is 10.4. The van der Waals surface area contributed by atoms with Gasteiger partial charge in [0.2, 0.25) is 5.82 Å². The summed E-state index contributed by atoms with van der Waals surface area (Å²) in [5.41, 5.74) is -1.23. The van der Waals surface area contributed by atoms with E-state index in [0.29, 0.717) is 0 Å². The van der Waals surface area contributed by atoms with Gasteiger partial charge in [0.25, 0.3) is 0 Å². The Bertz CT molecular complexity index is 607. The summed E-state index contributed by atoms with van der Waals surface area (Å²) in [6.45, 7) is 0. The van der Waals surface area contributed by atoms with Crippen LogP contribution >= 0.6 is 11.6 Å². The fourth-order valence-corrected chi connectivity index (χ4v) is 1.28. The molecule has 0 fully saturated rings. The van der Waals surface area contributed by atoms with Crippen molar-refractivity contribution in [3.63, 3.8) is 0 Å². The second kappa shape index (κ2) is 3.44. The Labute approximate surface area is 91.3 Å². The lowest BCUT2D eigenvalue weighted by Gasteiger charge is -2.05. The molecule has 2 heterocycles. The Morgan fingerprint density at radius 3 is 2.56 bits per heavy atom. The highest BCUT2D eigenvalue weighted by molar-refractivity contribution is 6.30. The van der Waals surface area contributed by atoms with Crippen LogP contribution in [0.25, 0.3) is 5.65 Å². The highest BCUT2D eigenvalue weighted by Gasteiger charge is 2.35. The predicted molar refractivity (Wildman–Crippen MR) is 49.3 cm³/mol. The fourth-order valence-electron chi connectivity index (χ4n) is 1.12. The summed E-state index contributed by atoms with van der Waals surface area (Å²) in [5, 5.41) is 0.206. The Hall–Kier alpha value is -1.63. The van der Waals surface area contributed by atoms with E-state index in [1.165, 1.54) is 12.1 Å². The van der Waals surface area contributed by atoms with Gasteiger partial charge in [0.1, 0.15) is 5.65 Å². The average Bonchev–Trinajstić information content (AvgIpc) is 2.17. The van der Waals surface area contributed by atoms with Crippen molar-refractivity contribution in [3.8, 4) is 0 Å². The van der Waals surface area contributed by atoms with Gasteiger partial charge in [-0.1, -0.05) is 11.6 Å². The number of hydrogen-bond acceptors (Lipinski definition) is 3. The SMILES string of the molecule is O=c1nc(C(F)(F)F)nc2ccc(Cl)cn12. The zero-order valence-corrected chi connectivity index (χ0v) is 8.25. The van der Waals surface area contributed by atoms with Gasteiger partial charge in [-0.15, -0.1) is 0 Å². The van der Waals surface area contributed by atoms with Gasteiger partial charge >= 0.3 is 11.9 Å². The summed E-state index contributed by atoms with van der Waals surface area (Å²) in [5.74, 6) is -1.46. The summed E-state index contributed by atoms with van der Waals surface area (Å²) in [6.07, 6.45) is -3.59. The number of hydrogen-bond donors (Lipinski definition) is 0. The van der Waals surface area contributed by atoms with Gasteiger partial charge in [0, 0.05) is 6.20 Å². The third-order valence-corrected chi connectivity index (χ3v) is 2.00. The normalized spacial score (nSPS) is 12.0. The highest BCUT2D eigenvalue weighted by Crippen LogP contribution is 2.25. The number of halogens is 4. The van der Waals surface area contributed by atoms with Crippen molar-refractivity contribution in [2.45, 2.75) is 6.18 Å². The number of alkyl halides is 3. The van der Waals surface area contributed by atoms with E-state index in [4.69, 9.17) is 11.6 Å². The minimum absolute atomic E-state index is 0.156. The summed E-state index contributed by atoms with van der Waals surface area (Å²) >= 11 is 5.58. The molecule has 4 nitrogen and oxygen atoms in total. The third-order valence-electron chi connectivity index (χ3n) is 1.77. The Morgan fingerprint density at radius 2 is 1.94 bits per heavy atom. The molecule has 0 N–H and O–H groups in total. The second-order valence-electron chi connectivity index (χ2n) is 2.90. The fraction of sp³-hybridized carbons (Fsp3) is 0.125. The van der Waals surface area contributed by atoms with Gasteiger partial charge in [0.05, 0.1) is 5.02 Å². The lowest BCUT2D eigenvalue weighted by Crippen LogP contribution is -2.24. The van der Waals surface area contributed by atoms with Crippen LogP contribution < -0.4 is 5.69 Å². The summed E-state index contributed by atoms with van der Waals surface area (Å²) in [7, 11) is 0. The lowest BCUT2D eigenvalue weighted by molar-refractivity contribution is -0.145. The molecule has 0 aromatic carbocycles. The molecule has 16 heavy (non-hydrogen) atoms. The first-order valence-electron chi connectivity index (χ1n) is 4.01. The summed E-state index contributed by atoms with van der Waals surface area (Å²) in [4.78, 5) is 17.3. The first-order chi connectivity index (χ1) is 7.38. The summed E-state index contributed by atoms with van der Waals surface area (Å²) < 4.78 is 37.7. The number of rotatable bonds is 0. The van der Waals surface area contributed by atoms with Crippen LogP contribution in [0.3, 0.4) is 0 Å². The molecular formula is C8H3ClF3N3O. The van der Waals surface area contributed by atoms with Gasteiger partial charge in [-0.3, -0.25) is 0 Å². The summed E-state index contributed by atoms with van der Waals surface area (Å²) in [6, 6.07) is 2.55. The van der Waals surface area contributed by atoms with E-state index in [1.54, 1.807) is 0 Å². The molecule has 0 radical (unpaired) electrons. The molecule has 84 valence electrons. The van der Waals surface area contributed by atoms with E-state index in [1.807, 2.05) is 0 Å². The molecule has 0 bridgehead atoms. The first-order valence-corrected chi connectivity index (χ1v) is 4.39. The molecular weight excluding hydrogens is 247 g/mol. The molecule has 0 amide bonds. The maximum Gasteiger partial charge on any atom is 0.451 e. The molecule has 0 spiro atoms. The molecule has 2 rings (SSSR count). The average molecular weight is 250 g/mol. The van der Waals surface area contributed by atoms with E-state index in [9.17, 15) is 18.0 Å². The van der Waals surface area contributed by atoms with Crippen LogP contribution in [0.15, 0.2) is 23.1 Å². The maximum absolute atomic E-state index is 12.3. The van der Waals surface area contributed by atoms with Crippen LogP contribution in [0.4, 0.5) is 13.2 Å². The van der Waals surface area contributed by atoms with Crippen molar-refractivity contribution < 1.29 is 13.2 Å². The zero-order valence-electron chi connectivity index (χ0n) is 7.49. The van der Waals surface area contributed by atoms with E-state index < -0.39 is 17.7 Å². The molecule has 0 atom stereocenters. The quantitative estimate of drug-likeness (QED) is 0.715. The first kappa shape index (κ1) is 10.9. The predicted octanol–water partition coefficient (Wildman–Crippen LogP) is 1.76. The molecule has 2 aromatic heterocycles. The van der Waals surface area contributed by atoms with Gasteiger partial charge in [-0.2, -0.15) is 18.2 Å². The van der Waals surface area contributed by atoms with Crippen LogP contribution in [0, 0.1) is 0 Å². The number of fused-ring (bicyclic) bond motifs is 1.